The van der Waals surface area contributed by atoms with Crippen molar-refractivity contribution in [3.8, 4) is 0 Å². The third kappa shape index (κ3) is 2.23. The van der Waals surface area contributed by atoms with Gasteiger partial charge in [0.15, 0.2) is 0 Å². The predicted molar refractivity (Wildman–Crippen MR) is 60.6 cm³/mol. The minimum Gasteiger partial charge on any atom is -0.333 e. The zero-order valence-corrected chi connectivity index (χ0v) is 9.28. The van der Waals surface area contributed by atoms with Gasteiger partial charge in [-0.15, -0.1) is 0 Å². The summed E-state index contributed by atoms with van der Waals surface area (Å²) in [5.41, 5.74) is 6.67. The Hall–Kier alpha value is -1.39. The van der Waals surface area contributed by atoms with Crippen molar-refractivity contribution in [3.63, 3.8) is 0 Å². The van der Waals surface area contributed by atoms with E-state index in [2.05, 4.69) is 4.98 Å². The van der Waals surface area contributed by atoms with Gasteiger partial charge in [-0.25, -0.2) is 9.37 Å². The largest absolute Gasteiger partial charge is 0.333 e. The van der Waals surface area contributed by atoms with Gasteiger partial charge in [-0.05, 0) is 12.1 Å². The SMILES string of the molecule is NCc1cn(Cc2c(F)cccc2Cl)cn1. The van der Waals surface area contributed by atoms with Gasteiger partial charge >= 0.3 is 0 Å². The molecule has 0 amide bonds. The molecule has 2 rings (SSSR count). The highest BCUT2D eigenvalue weighted by Crippen LogP contribution is 2.19. The van der Waals surface area contributed by atoms with E-state index in [9.17, 15) is 4.39 Å². The molecule has 5 heteroatoms. The van der Waals surface area contributed by atoms with E-state index in [0.717, 1.165) is 5.69 Å². The van der Waals surface area contributed by atoms with Gasteiger partial charge in [0.1, 0.15) is 5.82 Å². The van der Waals surface area contributed by atoms with E-state index in [1.54, 1.807) is 29.2 Å². The Morgan fingerprint density at radius 1 is 1.44 bits per heavy atom. The maximum absolute atomic E-state index is 13.5. The van der Waals surface area contributed by atoms with Crippen LogP contribution in [0.5, 0.6) is 0 Å². The molecular weight excluding hydrogens is 229 g/mol. The fraction of sp³-hybridized carbons (Fsp3) is 0.182. The number of hydrogen-bond donors (Lipinski definition) is 1. The van der Waals surface area contributed by atoms with Crippen LogP contribution in [0, 0.1) is 5.82 Å². The van der Waals surface area contributed by atoms with Crippen LogP contribution in [0.1, 0.15) is 11.3 Å². The monoisotopic (exact) mass is 239 g/mol. The molecule has 3 nitrogen and oxygen atoms in total. The molecule has 0 radical (unpaired) electrons. The number of nitrogens with two attached hydrogens (primary N) is 1. The van der Waals surface area contributed by atoms with Gasteiger partial charge in [0.25, 0.3) is 0 Å². The molecule has 0 bridgehead atoms. The average molecular weight is 240 g/mol. The molecule has 0 saturated heterocycles. The fourth-order valence-corrected chi connectivity index (χ4v) is 1.69. The van der Waals surface area contributed by atoms with E-state index in [4.69, 9.17) is 17.3 Å². The van der Waals surface area contributed by atoms with Gasteiger partial charge in [0.05, 0.1) is 18.6 Å². The molecule has 1 aromatic heterocycles. The summed E-state index contributed by atoms with van der Waals surface area (Å²) in [4.78, 5) is 4.06. The Morgan fingerprint density at radius 3 is 2.88 bits per heavy atom. The van der Waals surface area contributed by atoms with Gasteiger partial charge < -0.3 is 10.3 Å². The summed E-state index contributed by atoms with van der Waals surface area (Å²) in [6.45, 7) is 0.733. The van der Waals surface area contributed by atoms with Crippen LogP contribution < -0.4 is 5.73 Å². The van der Waals surface area contributed by atoms with E-state index in [1.165, 1.54) is 6.07 Å². The van der Waals surface area contributed by atoms with Crippen LogP contribution in [0.4, 0.5) is 4.39 Å². The third-order valence-corrected chi connectivity index (χ3v) is 2.65. The molecule has 0 aliphatic heterocycles. The number of benzene rings is 1. The molecule has 2 aromatic rings. The highest BCUT2D eigenvalue weighted by molar-refractivity contribution is 6.31. The first-order valence-corrected chi connectivity index (χ1v) is 5.22. The lowest BCUT2D eigenvalue weighted by Gasteiger charge is -2.06. The van der Waals surface area contributed by atoms with Crippen molar-refractivity contribution < 1.29 is 4.39 Å². The van der Waals surface area contributed by atoms with Gasteiger partial charge in [0, 0.05) is 23.3 Å². The first-order valence-electron chi connectivity index (χ1n) is 4.84. The van der Waals surface area contributed by atoms with E-state index in [1.807, 2.05) is 0 Å². The van der Waals surface area contributed by atoms with Crippen LogP contribution in [0.3, 0.4) is 0 Å². The average Bonchev–Trinajstić information content (AvgIpc) is 2.71. The summed E-state index contributed by atoms with van der Waals surface area (Å²) < 4.78 is 15.2. The smallest absolute Gasteiger partial charge is 0.129 e. The molecular formula is C11H11ClFN3. The Bertz CT molecular complexity index is 475. The molecule has 0 spiro atoms. The summed E-state index contributed by atoms with van der Waals surface area (Å²) in [6.07, 6.45) is 3.40. The molecule has 0 atom stereocenters. The predicted octanol–water partition coefficient (Wildman–Crippen LogP) is 2.18. The van der Waals surface area contributed by atoms with E-state index < -0.39 is 0 Å². The standard InChI is InChI=1S/C11H11ClFN3/c12-10-2-1-3-11(13)9(10)6-16-5-8(4-14)15-7-16/h1-3,5,7H,4,6,14H2. The lowest BCUT2D eigenvalue weighted by molar-refractivity contribution is 0.599. The maximum atomic E-state index is 13.5. The fourth-order valence-electron chi connectivity index (χ4n) is 1.46. The normalized spacial score (nSPS) is 10.7. The number of rotatable bonds is 3. The van der Waals surface area contributed by atoms with Gasteiger partial charge in [0.2, 0.25) is 0 Å². The molecule has 84 valence electrons. The molecule has 1 aromatic carbocycles. The van der Waals surface area contributed by atoms with E-state index in [-0.39, 0.29) is 5.82 Å². The first-order chi connectivity index (χ1) is 7.70. The van der Waals surface area contributed by atoms with Crippen molar-refractivity contribution in [2.75, 3.05) is 0 Å². The molecule has 1 heterocycles. The Morgan fingerprint density at radius 2 is 2.25 bits per heavy atom. The number of imidazole rings is 1. The lowest BCUT2D eigenvalue weighted by atomic mass is 10.2. The van der Waals surface area contributed by atoms with Crippen molar-refractivity contribution in [3.05, 3.63) is 52.8 Å². The maximum Gasteiger partial charge on any atom is 0.129 e. The number of hydrogen-bond acceptors (Lipinski definition) is 2. The van der Waals surface area contributed by atoms with Crippen molar-refractivity contribution in [2.45, 2.75) is 13.1 Å². The van der Waals surface area contributed by atoms with Crippen molar-refractivity contribution >= 4 is 11.6 Å². The summed E-state index contributed by atoms with van der Waals surface area (Å²) in [7, 11) is 0. The van der Waals surface area contributed by atoms with Crippen LogP contribution in [-0.4, -0.2) is 9.55 Å². The first kappa shape index (κ1) is 11.1. The molecule has 0 aliphatic rings. The second-order valence-corrected chi connectivity index (χ2v) is 3.85. The van der Waals surface area contributed by atoms with Crippen LogP contribution in [0.2, 0.25) is 5.02 Å². The summed E-state index contributed by atoms with van der Waals surface area (Å²) in [5.74, 6) is -0.310. The summed E-state index contributed by atoms with van der Waals surface area (Å²) in [5, 5.41) is 0.419. The van der Waals surface area contributed by atoms with Crippen molar-refractivity contribution in [1.29, 1.82) is 0 Å². The molecule has 2 N–H and O–H groups in total. The topological polar surface area (TPSA) is 43.8 Å². The second kappa shape index (κ2) is 4.63. The van der Waals surface area contributed by atoms with E-state index >= 15 is 0 Å². The van der Waals surface area contributed by atoms with Crippen LogP contribution in [-0.2, 0) is 13.1 Å². The molecule has 16 heavy (non-hydrogen) atoms. The number of nitrogens with zero attached hydrogens (tertiary/aromatic N) is 2. The Labute approximate surface area is 97.7 Å². The number of halogens is 2. The van der Waals surface area contributed by atoms with Crippen molar-refractivity contribution in [2.24, 2.45) is 5.73 Å². The van der Waals surface area contributed by atoms with Gasteiger partial charge in [-0.3, -0.25) is 0 Å². The highest BCUT2D eigenvalue weighted by atomic mass is 35.5. The third-order valence-electron chi connectivity index (χ3n) is 2.30. The Kier molecular flexibility index (Phi) is 3.22. The van der Waals surface area contributed by atoms with Gasteiger partial charge in [-0.2, -0.15) is 0 Å². The minimum atomic E-state index is -0.310. The highest BCUT2D eigenvalue weighted by Gasteiger charge is 2.07. The molecule has 0 saturated carbocycles. The number of aromatic nitrogens is 2. The van der Waals surface area contributed by atoms with E-state index in [0.29, 0.717) is 23.7 Å². The Balaban J connectivity index is 2.26. The molecule has 0 unspecified atom stereocenters. The zero-order chi connectivity index (χ0) is 11.5. The molecule has 0 aliphatic carbocycles. The zero-order valence-electron chi connectivity index (χ0n) is 8.53. The van der Waals surface area contributed by atoms with Crippen LogP contribution in [0.15, 0.2) is 30.7 Å². The summed E-state index contributed by atoms with van der Waals surface area (Å²) in [6, 6.07) is 4.64. The van der Waals surface area contributed by atoms with Crippen LogP contribution >= 0.6 is 11.6 Å². The summed E-state index contributed by atoms with van der Waals surface area (Å²) >= 11 is 5.92. The van der Waals surface area contributed by atoms with Crippen LogP contribution in [0.25, 0.3) is 0 Å². The molecule has 0 fully saturated rings. The lowest BCUT2D eigenvalue weighted by Crippen LogP contribution is -2.01. The minimum absolute atomic E-state index is 0.310. The second-order valence-electron chi connectivity index (χ2n) is 3.44. The van der Waals surface area contributed by atoms with Gasteiger partial charge in [-0.1, -0.05) is 17.7 Å². The quantitative estimate of drug-likeness (QED) is 0.892. The van der Waals surface area contributed by atoms with Crippen molar-refractivity contribution in [1.82, 2.24) is 9.55 Å².